The first-order valence-electron chi connectivity index (χ1n) is 13.0. The summed E-state index contributed by atoms with van der Waals surface area (Å²) in [6.07, 6.45) is 1.30. The molecule has 0 radical (unpaired) electrons. The Morgan fingerprint density at radius 3 is 2.25 bits per heavy atom. The Labute approximate surface area is 213 Å². The molecule has 0 saturated carbocycles. The van der Waals surface area contributed by atoms with E-state index in [-0.39, 0.29) is 6.04 Å². The van der Waals surface area contributed by atoms with Gasteiger partial charge in [-0.15, -0.1) is 0 Å². The molecule has 0 amide bonds. The van der Waals surface area contributed by atoms with Crippen LogP contribution >= 0.6 is 0 Å². The molecule has 5 nitrogen and oxygen atoms in total. The zero-order valence-corrected chi connectivity index (χ0v) is 20.9. The van der Waals surface area contributed by atoms with Crippen LogP contribution in [0.15, 0.2) is 91.0 Å². The molecule has 1 fully saturated rings. The molecule has 0 aliphatic carbocycles. The standard InChI is InChI=1S/C31H34N4O/c1-34-17-19-35(20-18-34)31-21-29(32-27-10-4-5-11-28(27)33-31)25-15-13-23(14-16-25)22-36-30-12-6-8-24-7-2-3-9-26(24)30/h2-16,29,31-33H,17-22H2,1H3. The minimum Gasteiger partial charge on any atom is -0.488 e. The van der Waals surface area contributed by atoms with Crippen molar-refractivity contribution < 1.29 is 4.74 Å². The number of hydrogen-bond donors (Lipinski definition) is 2. The molecule has 184 valence electrons. The summed E-state index contributed by atoms with van der Waals surface area (Å²) in [5.74, 6) is 0.931. The summed E-state index contributed by atoms with van der Waals surface area (Å²) in [6, 6.07) is 32.3. The number of hydrogen-bond acceptors (Lipinski definition) is 5. The number of benzene rings is 4. The summed E-state index contributed by atoms with van der Waals surface area (Å²) in [5.41, 5.74) is 4.84. The maximum absolute atomic E-state index is 6.23. The average Bonchev–Trinajstić information content (AvgIpc) is 3.12. The highest BCUT2D eigenvalue weighted by Crippen LogP contribution is 2.35. The van der Waals surface area contributed by atoms with Gasteiger partial charge in [0, 0.05) is 38.0 Å². The molecular formula is C31H34N4O. The lowest BCUT2D eigenvalue weighted by atomic mass is 10.00. The van der Waals surface area contributed by atoms with E-state index in [9.17, 15) is 0 Å². The monoisotopic (exact) mass is 478 g/mol. The van der Waals surface area contributed by atoms with Crippen LogP contribution in [0.3, 0.4) is 0 Å². The largest absolute Gasteiger partial charge is 0.488 e. The van der Waals surface area contributed by atoms with Crippen molar-refractivity contribution in [2.45, 2.75) is 25.2 Å². The molecule has 0 bridgehead atoms. The number of nitrogens with one attached hydrogen (secondary N) is 2. The molecule has 2 heterocycles. The number of piperazine rings is 1. The number of fused-ring (bicyclic) bond motifs is 2. The van der Waals surface area contributed by atoms with E-state index in [2.05, 4.69) is 118 Å². The van der Waals surface area contributed by atoms with Crippen molar-refractivity contribution in [3.8, 4) is 5.75 Å². The van der Waals surface area contributed by atoms with Crippen LogP contribution in [-0.2, 0) is 6.61 Å². The highest BCUT2D eigenvalue weighted by molar-refractivity contribution is 5.88. The molecule has 2 atom stereocenters. The predicted molar refractivity (Wildman–Crippen MR) is 149 cm³/mol. The first-order valence-corrected chi connectivity index (χ1v) is 13.0. The van der Waals surface area contributed by atoms with Gasteiger partial charge in [-0.1, -0.05) is 72.8 Å². The zero-order valence-electron chi connectivity index (χ0n) is 20.9. The molecule has 0 spiro atoms. The lowest BCUT2D eigenvalue weighted by Crippen LogP contribution is -2.51. The number of para-hydroxylation sites is 2. The van der Waals surface area contributed by atoms with Crippen LogP contribution in [0.2, 0.25) is 0 Å². The van der Waals surface area contributed by atoms with Crippen molar-refractivity contribution in [1.29, 1.82) is 0 Å². The molecule has 1 saturated heterocycles. The summed E-state index contributed by atoms with van der Waals surface area (Å²) < 4.78 is 6.23. The number of rotatable bonds is 5. The number of anilines is 2. The maximum Gasteiger partial charge on any atom is 0.127 e. The van der Waals surface area contributed by atoms with Crippen molar-refractivity contribution in [2.75, 3.05) is 43.9 Å². The van der Waals surface area contributed by atoms with Crippen molar-refractivity contribution in [3.05, 3.63) is 102 Å². The molecule has 2 aliphatic heterocycles. The second-order valence-electron chi connectivity index (χ2n) is 9.99. The van der Waals surface area contributed by atoms with Crippen molar-refractivity contribution in [3.63, 3.8) is 0 Å². The van der Waals surface area contributed by atoms with E-state index in [4.69, 9.17) is 4.74 Å². The number of ether oxygens (including phenoxy) is 1. The number of nitrogens with zero attached hydrogens (tertiary/aromatic N) is 2. The molecular weight excluding hydrogens is 444 g/mol. The highest BCUT2D eigenvalue weighted by atomic mass is 16.5. The van der Waals surface area contributed by atoms with E-state index >= 15 is 0 Å². The van der Waals surface area contributed by atoms with Gasteiger partial charge in [0.2, 0.25) is 0 Å². The van der Waals surface area contributed by atoms with Gasteiger partial charge in [-0.2, -0.15) is 0 Å². The van der Waals surface area contributed by atoms with Gasteiger partial charge in [-0.05, 0) is 41.8 Å². The second-order valence-corrected chi connectivity index (χ2v) is 9.99. The lowest BCUT2D eigenvalue weighted by molar-refractivity contribution is 0.116. The molecule has 2 N–H and O–H groups in total. The molecule has 5 heteroatoms. The van der Waals surface area contributed by atoms with Gasteiger partial charge in [-0.25, -0.2) is 0 Å². The van der Waals surface area contributed by atoms with E-state index in [1.165, 1.54) is 27.9 Å². The smallest absolute Gasteiger partial charge is 0.127 e. The normalized spacial score (nSPS) is 20.7. The minimum absolute atomic E-state index is 0.235. The Kier molecular flexibility index (Phi) is 6.50. The third-order valence-electron chi connectivity index (χ3n) is 7.54. The summed E-state index contributed by atoms with van der Waals surface area (Å²) in [4.78, 5) is 5.01. The first kappa shape index (κ1) is 22.9. The van der Waals surface area contributed by atoms with Gasteiger partial charge in [0.25, 0.3) is 0 Å². The van der Waals surface area contributed by atoms with Crippen LogP contribution in [0.5, 0.6) is 5.75 Å². The molecule has 2 unspecified atom stereocenters. The van der Waals surface area contributed by atoms with Crippen molar-refractivity contribution >= 4 is 22.1 Å². The van der Waals surface area contributed by atoms with Gasteiger partial charge in [0.15, 0.2) is 0 Å². The molecule has 2 aliphatic rings. The Morgan fingerprint density at radius 1 is 0.750 bits per heavy atom. The molecule has 36 heavy (non-hydrogen) atoms. The maximum atomic E-state index is 6.23. The van der Waals surface area contributed by atoms with Gasteiger partial charge >= 0.3 is 0 Å². The fourth-order valence-electron chi connectivity index (χ4n) is 5.37. The van der Waals surface area contributed by atoms with E-state index in [1.807, 2.05) is 0 Å². The van der Waals surface area contributed by atoms with Crippen LogP contribution < -0.4 is 15.4 Å². The quantitative estimate of drug-likeness (QED) is 0.370. The summed E-state index contributed by atoms with van der Waals surface area (Å²) >= 11 is 0. The third kappa shape index (κ3) is 4.90. The van der Waals surface area contributed by atoms with Crippen LogP contribution in [-0.4, -0.2) is 49.2 Å². The Hall–Kier alpha value is -3.54. The number of likely N-dealkylation sites (N-methyl/N-ethyl adjacent to an activating group) is 1. The van der Waals surface area contributed by atoms with Crippen LogP contribution in [0, 0.1) is 0 Å². The fourth-order valence-corrected chi connectivity index (χ4v) is 5.37. The summed E-state index contributed by atoms with van der Waals surface area (Å²) in [6.45, 7) is 4.97. The van der Waals surface area contributed by atoms with E-state index in [0.29, 0.717) is 12.8 Å². The molecule has 4 aromatic carbocycles. The van der Waals surface area contributed by atoms with Crippen molar-refractivity contribution in [1.82, 2.24) is 9.80 Å². The first-order chi connectivity index (χ1) is 17.7. The van der Waals surface area contributed by atoms with Gasteiger partial charge in [0.05, 0.1) is 23.6 Å². The van der Waals surface area contributed by atoms with E-state index < -0.39 is 0 Å². The SMILES string of the molecule is CN1CCN(C2CC(c3ccc(COc4cccc5ccccc45)cc3)Nc3ccccc3N2)CC1. The third-order valence-corrected chi connectivity index (χ3v) is 7.54. The highest BCUT2D eigenvalue weighted by Gasteiger charge is 2.29. The fraction of sp³-hybridized carbons (Fsp3) is 0.290. The molecule has 4 aromatic rings. The topological polar surface area (TPSA) is 39.8 Å². The van der Waals surface area contributed by atoms with Crippen LogP contribution in [0.25, 0.3) is 10.8 Å². The van der Waals surface area contributed by atoms with Gasteiger partial charge in [0.1, 0.15) is 12.4 Å². The molecule has 0 aromatic heterocycles. The van der Waals surface area contributed by atoms with E-state index in [0.717, 1.165) is 43.7 Å². The minimum atomic E-state index is 0.235. The zero-order chi connectivity index (χ0) is 24.3. The second kappa shape index (κ2) is 10.2. The lowest BCUT2D eigenvalue weighted by Gasteiger charge is -2.39. The van der Waals surface area contributed by atoms with Crippen molar-refractivity contribution in [2.24, 2.45) is 0 Å². The Bertz CT molecular complexity index is 1310. The Balaban J connectivity index is 1.19. The summed E-state index contributed by atoms with van der Waals surface area (Å²) in [7, 11) is 2.21. The average molecular weight is 479 g/mol. The summed E-state index contributed by atoms with van der Waals surface area (Å²) in [5, 5.41) is 10.0. The van der Waals surface area contributed by atoms with Crippen LogP contribution in [0.1, 0.15) is 23.6 Å². The molecule has 6 rings (SSSR count). The van der Waals surface area contributed by atoms with E-state index in [1.54, 1.807) is 0 Å². The van der Waals surface area contributed by atoms with Gasteiger partial charge < -0.3 is 20.3 Å². The Morgan fingerprint density at radius 2 is 1.44 bits per heavy atom. The van der Waals surface area contributed by atoms with Crippen LogP contribution in [0.4, 0.5) is 11.4 Å². The predicted octanol–water partition coefficient (Wildman–Crippen LogP) is 5.96. The van der Waals surface area contributed by atoms with Gasteiger partial charge in [-0.3, -0.25) is 4.90 Å².